The van der Waals surface area contributed by atoms with E-state index in [1.807, 2.05) is 0 Å². The van der Waals surface area contributed by atoms with Gasteiger partial charge in [-0.25, -0.2) is 0 Å². The molecule has 2 heterocycles. The molecule has 18 heavy (non-hydrogen) atoms. The Morgan fingerprint density at radius 1 is 1.22 bits per heavy atom. The van der Waals surface area contributed by atoms with E-state index in [0.717, 1.165) is 13.2 Å². The predicted octanol–water partition coefficient (Wildman–Crippen LogP) is 3.29. The molecule has 1 spiro atoms. The van der Waals surface area contributed by atoms with Gasteiger partial charge in [0.1, 0.15) is 0 Å². The minimum absolute atomic E-state index is 0.00669. The number of aromatic nitrogens is 1. The highest BCUT2D eigenvalue weighted by Crippen LogP contribution is 2.41. The van der Waals surface area contributed by atoms with Gasteiger partial charge in [0.05, 0.1) is 23.9 Å². The van der Waals surface area contributed by atoms with E-state index in [1.54, 1.807) is 11.5 Å². The number of hydrogen-bond acceptors (Lipinski definition) is 4. The van der Waals surface area contributed by atoms with Gasteiger partial charge in [-0.2, -0.15) is 4.37 Å². The first kappa shape index (κ1) is 12.6. The molecule has 0 amide bonds. The summed E-state index contributed by atoms with van der Waals surface area (Å²) in [5.41, 5.74) is 1.19. The van der Waals surface area contributed by atoms with Crippen molar-refractivity contribution in [3.05, 3.63) is 17.1 Å². The van der Waals surface area contributed by atoms with Gasteiger partial charge in [0, 0.05) is 11.9 Å². The molecule has 100 valence electrons. The lowest BCUT2D eigenvalue weighted by molar-refractivity contribution is -0.113. The number of nitrogens with one attached hydrogen (secondary N) is 1. The van der Waals surface area contributed by atoms with Crippen LogP contribution >= 0.6 is 11.5 Å². The summed E-state index contributed by atoms with van der Waals surface area (Å²) in [6.45, 7) is 1.80. The second-order valence-corrected chi connectivity index (χ2v) is 6.16. The van der Waals surface area contributed by atoms with E-state index in [4.69, 9.17) is 4.74 Å². The van der Waals surface area contributed by atoms with Crippen LogP contribution in [0.2, 0.25) is 0 Å². The number of hydrogen-bond donors (Lipinski definition) is 1. The maximum atomic E-state index is 6.28. The van der Waals surface area contributed by atoms with Crippen molar-refractivity contribution in [2.24, 2.45) is 0 Å². The maximum absolute atomic E-state index is 6.28. The first-order chi connectivity index (χ1) is 8.91. The maximum Gasteiger partial charge on any atom is 0.0892 e. The molecule has 1 N–H and O–H groups in total. The third kappa shape index (κ3) is 2.46. The Hall–Kier alpha value is -0.450. The van der Waals surface area contributed by atoms with Crippen LogP contribution in [0.25, 0.3) is 0 Å². The summed E-state index contributed by atoms with van der Waals surface area (Å²) in [5.74, 6) is 0. The van der Waals surface area contributed by atoms with Crippen molar-refractivity contribution in [2.45, 2.75) is 56.6 Å². The molecule has 3 rings (SSSR count). The minimum atomic E-state index is 0.00669. The Labute approximate surface area is 113 Å². The molecule has 1 unspecified atom stereocenters. The van der Waals surface area contributed by atoms with Crippen LogP contribution < -0.4 is 5.32 Å². The molecule has 2 aliphatic rings. The molecule has 1 aliphatic heterocycles. The number of morpholine rings is 1. The van der Waals surface area contributed by atoms with Crippen molar-refractivity contribution in [1.82, 2.24) is 9.69 Å². The average Bonchev–Trinajstić information content (AvgIpc) is 2.88. The zero-order valence-electron chi connectivity index (χ0n) is 10.9. The lowest BCUT2D eigenvalue weighted by atomic mass is 9.79. The van der Waals surface area contributed by atoms with Crippen LogP contribution in [0.15, 0.2) is 11.4 Å². The van der Waals surface area contributed by atoms with Gasteiger partial charge in [-0.3, -0.25) is 0 Å². The lowest BCUT2D eigenvalue weighted by Gasteiger charge is -2.45. The van der Waals surface area contributed by atoms with Crippen LogP contribution in [0, 0.1) is 0 Å². The van der Waals surface area contributed by atoms with Crippen LogP contribution in [0.4, 0.5) is 0 Å². The second-order valence-electron chi connectivity index (χ2n) is 5.49. The van der Waals surface area contributed by atoms with Crippen LogP contribution in [0.1, 0.15) is 56.7 Å². The monoisotopic (exact) mass is 266 g/mol. The molecular formula is C14H22N2OS. The molecule has 3 nitrogen and oxygen atoms in total. The van der Waals surface area contributed by atoms with Gasteiger partial charge in [-0.15, -0.1) is 0 Å². The fourth-order valence-electron chi connectivity index (χ4n) is 3.41. The standard InChI is InChI=1S/C14H22N2OS/c1-2-4-7-14(8-5-3-1)13(15-9-10-17-14)12-6-11-18-16-12/h6,11,13,15H,1-5,7-10H2. The van der Waals surface area contributed by atoms with Crippen molar-refractivity contribution < 1.29 is 4.74 Å². The third-order valence-electron chi connectivity index (χ3n) is 4.32. The Morgan fingerprint density at radius 3 is 2.72 bits per heavy atom. The van der Waals surface area contributed by atoms with Crippen molar-refractivity contribution in [2.75, 3.05) is 13.2 Å². The van der Waals surface area contributed by atoms with Crippen LogP contribution in [-0.2, 0) is 4.74 Å². The van der Waals surface area contributed by atoms with Gasteiger partial charge < -0.3 is 10.1 Å². The number of ether oxygens (including phenoxy) is 1. The molecule has 4 heteroatoms. The Bertz CT molecular complexity index is 358. The molecule has 1 aliphatic carbocycles. The predicted molar refractivity (Wildman–Crippen MR) is 73.9 cm³/mol. The van der Waals surface area contributed by atoms with E-state index in [2.05, 4.69) is 21.1 Å². The number of nitrogens with zero attached hydrogens (tertiary/aromatic N) is 1. The average molecular weight is 266 g/mol. The largest absolute Gasteiger partial charge is 0.372 e. The molecule has 0 bridgehead atoms. The highest BCUT2D eigenvalue weighted by Gasteiger charge is 2.43. The minimum Gasteiger partial charge on any atom is -0.372 e. The SMILES string of the molecule is c1cc(C2NCCOC23CCCCCCC3)ns1. The first-order valence-corrected chi connectivity index (χ1v) is 8.02. The van der Waals surface area contributed by atoms with E-state index in [-0.39, 0.29) is 5.60 Å². The summed E-state index contributed by atoms with van der Waals surface area (Å²) in [6.07, 6.45) is 9.06. The van der Waals surface area contributed by atoms with Crippen molar-refractivity contribution in [3.63, 3.8) is 0 Å². The van der Waals surface area contributed by atoms with E-state index < -0.39 is 0 Å². The molecule has 0 aromatic carbocycles. The number of rotatable bonds is 1. The van der Waals surface area contributed by atoms with E-state index in [1.165, 1.54) is 50.6 Å². The smallest absolute Gasteiger partial charge is 0.0892 e. The summed E-state index contributed by atoms with van der Waals surface area (Å²) in [6, 6.07) is 2.45. The summed E-state index contributed by atoms with van der Waals surface area (Å²) in [5, 5.41) is 5.72. The zero-order chi connectivity index (χ0) is 12.3. The molecular weight excluding hydrogens is 244 g/mol. The third-order valence-corrected chi connectivity index (χ3v) is 4.89. The van der Waals surface area contributed by atoms with Crippen molar-refractivity contribution >= 4 is 11.5 Å². The lowest BCUT2D eigenvalue weighted by Crippen LogP contribution is -2.52. The summed E-state index contributed by atoms with van der Waals surface area (Å²) < 4.78 is 10.8. The molecule has 1 saturated carbocycles. The molecule has 2 fully saturated rings. The normalized spacial score (nSPS) is 28.8. The van der Waals surface area contributed by atoms with Gasteiger partial charge >= 0.3 is 0 Å². The zero-order valence-corrected chi connectivity index (χ0v) is 11.7. The van der Waals surface area contributed by atoms with E-state index in [0.29, 0.717) is 6.04 Å². The van der Waals surface area contributed by atoms with Gasteiger partial charge in [-0.05, 0) is 30.4 Å². The molecule has 1 saturated heterocycles. The van der Waals surface area contributed by atoms with Crippen LogP contribution in [0.5, 0.6) is 0 Å². The van der Waals surface area contributed by atoms with E-state index >= 15 is 0 Å². The Kier molecular flexibility index (Phi) is 3.97. The van der Waals surface area contributed by atoms with Gasteiger partial charge in [-0.1, -0.05) is 32.1 Å². The van der Waals surface area contributed by atoms with E-state index in [9.17, 15) is 0 Å². The van der Waals surface area contributed by atoms with Gasteiger partial charge in [0.25, 0.3) is 0 Å². The Balaban J connectivity index is 1.84. The highest BCUT2D eigenvalue weighted by atomic mass is 32.1. The fraction of sp³-hybridized carbons (Fsp3) is 0.786. The highest BCUT2D eigenvalue weighted by molar-refractivity contribution is 7.03. The molecule has 1 atom stereocenters. The van der Waals surface area contributed by atoms with Gasteiger partial charge in [0.15, 0.2) is 0 Å². The second kappa shape index (κ2) is 5.68. The Morgan fingerprint density at radius 2 is 2.00 bits per heavy atom. The quantitative estimate of drug-likeness (QED) is 0.847. The molecule has 0 radical (unpaired) electrons. The molecule has 1 aromatic rings. The van der Waals surface area contributed by atoms with Gasteiger partial charge in [0.2, 0.25) is 0 Å². The molecule has 1 aromatic heterocycles. The van der Waals surface area contributed by atoms with Crippen molar-refractivity contribution in [3.8, 4) is 0 Å². The van der Waals surface area contributed by atoms with Crippen LogP contribution in [-0.4, -0.2) is 23.1 Å². The topological polar surface area (TPSA) is 34.1 Å². The van der Waals surface area contributed by atoms with Crippen molar-refractivity contribution in [1.29, 1.82) is 0 Å². The fourth-order valence-corrected chi connectivity index (χ4v) is 3.96. The first-order valence-electron chi connectivity index (χ1n) is 7.18. The van der Waals surface area contributed by atoms with Crippen LogP contribution in [0.3, 0.4) is 0 Å². The summed E-state index contributed by atoms with van der Waals surface area (Å²) >= 11 is 1.54. The summed E-state index contributed by atoms with van der Waals surface area (Å²) in [7, 11) is 0. The summed E-state index contributed by atoms with van der Waals surface area (Å²) in [4.78, 5) is 0.